The van der Waals surface area contributed by atoms with Crippen molar-refractivity contribution in [3.05, 3.63) is 95.1 Å². The maximum Gasteiger partial charge on any atom is 0.416 e. The van der Waals surface area contributed by atoms with E-state index in [1.165, 1.54) is 17.7 Å². The van der Waals surface area contributed by atoms with Crippen molar-refractivity contribution in [2.24, 2.45) is 5.92 Å². The lowest BCUT2D eigenvalue weighted by atomic mass is 9.95. The minimum Gasteiger partial charge on any atom is -0.332 e. The maximum absolute atomic E-state index is 13.5. The van der Waals surface area contributed by atoms with Crippen LogP contribution in [0.2, 0.25) is 0 Å². The van der Waals surface area contributed by atoms with Crippen LogP contribution in [0, 0.1) is 5.92 Å². The van der Waals surface area contributed by atoms with Crippen LogP contribution in [0.15, 0.2) is 72.8 Å². The zero-order valence-corrected chi connectivity index (χ0v) is 18.7. The molecule has 0 fully saturated rings. The zero-order valence-electron chi connectivity index (χ0n) is 18.7. The molecule has 1 atom stereocenters. The number of carbonyl (C=O) groups excluding carboxylic acids is 1. The summed E-state index contributed by atoms with van der Waals surface area (Å²) >= 11 is 0. The van der Waals surface area contributed by atoms with Crippen molar-refractivity contribution in [3.8, 4) is 11.1 Å². The Morgan fingerprint density at radius 3 is 2.36 bits per heavy atom. The average Bonchev–Trinajstić information content (AvgIpc) is 2.80. The first kappa shape index (κ1) is 23.1. The van der Waals surface area contributed by atoms with Crippen LogP contribution in [0.5, 0.6) is 0 Å². The average molecular weight is 453 g/mol. The van der Waals surface area contributed by atoms with Crippen molar-refractivity contribution < 1.29 is 18.0 Å². The number of benzene rings is 3. The molecule has 0 saturated heterocycles. The lowest BCUT2D eigenvalue weighted by Gasteiger charge is -2.38. The summed E-state index contributed by atoms with van der Waals surface area (Å²) in [6, 6.07) is 20.1. The molecule has 0 aromatic heterocycles. The van der Waals surface area contributed by atoms with Crippen molar-refractivity contribution in [1.82, 2.24) is 10.2 Å². The molecule has 0 spiro atoms. The molecule has 1 aliphatic rings. The number of rotatable bonds is 5. The summed E-state index contributed by atoms with van der Waals surface area (Å²) in [5, 5.41) is 3.20. The van der Waals surface area contributed by atoms with Gasteiger partial charge < -0.3 is 5.32 Å². The summed E-state index contributed by atoms with van der Waals surface area (Å²) in [5.74, 6) is 0.190. The first-order valence-corrected chi connectivity index (χ1v) is 11.1. The highest BCUT2D eigenvalue weighted by Gasteiger charge is 2.31. The summed E-state index contributed by atoms with van der Waals surface area (Å²) in [7, 11) is 0. The topological polar surface area (TPSA) is 32.3 Å². The highest BCUT2D eigenvalue weighted by Crippen LogP contribution is 2.33. The number of fused-ring (bicyclic) bond motifs is 1. The number of hydrogen-bond acceptors (Lipinski definition) is 2. The number of nitrogens with zero attached hydrogens (tertiary/aromatic N) is 1. The van der Waals surface area contributed by atoms with Gasteiger partial charge in [0, 0.05) is 18.7 Å². The van der Waals surface area contributed by atoms with E-state index in [1.807, 2.05) is 12.1 Å². The second-order valence-electron chi connectivity index (χ2n) is 8.83. The summed E-state index contributed by atoms with van der Waals surface area (Å²) in [6.45, 7) is 6.00. The van der Waals surface area contributed by atoms with E-state index in [1.54, 1.807) is 24.3 Å². The minimum absolute atomic E-state index is 0.249. The van der Waals surface area contributed by atoms with Gasteiger partial charge in [0.2, 0.25) is 0 Å². The van der Waals surface area contributed by atoms with Crippen LogP contribution in [0.1, 0.15) is 47.1 Å². The fourth-order valence-corrected chi connectivity index (χ4v) is 4.43. The van der Waals surface area contributed by atoms with E-state index >= 15 is 0 Å². The molecule has 1 N–H and O–H groups in total. The summed E-state index contributed by atoms with van der Waals surface area (Å²) in [5.41, 5.74) is 3.20. The molecule has 1 unspecified atom stereocenters. The number of carbonyl (C=O) groups is 1. The largest absolute Gasteiger partial charge is 0.416 e. The van der Waals surface area contributed by atoms with Gasteiger partial charge in [0.15, 0.2) is 0 Å². The molecule has 1 amide bonds. The Morgan fingerprint density at radius 1 is 1.00 bits per heavy atom. The third kappa shape index (κ3) is 5.11. The molecule has 0 saturated carbocycles. The highest BCUT2D eigenvalue weighted by atomic mass is 19.4. The first-order valence-electron chi connectivity index (χ1n) is 11.1. The lowest BCUT2D eigenvalue weighted by molar-refractivity contribution is -0.137. The summed E-state index contributed by atoms with van der Waals surface area (Å²) < 4.78 is 38.9. The van der Waals surface area contributed by atoms with Gasteiger partial charge in [-0.15, -0.1) is 0 Å². The lowest BCUT2D eigenvalue weighted by Crippen LogP contribution is -2.46. The Morgan fingerprint density at radius 2 is 1.67 bits per heavy atom. The minimum atomic E-state index is -4.40. The third-order valence-electron chi connectivity index (χ3n) is 5.95. The Kier molecular flexibility index (Phi) is 6.56. The number of hydrogen-bond donors (Lipinski definition) is 1. The molecule has 4 rings (SSSR count). The van der Waals surface area contributed by atoms with Crippen LogP contribution in [0.25, 0.3) is 11.1 Å². The van der Waals surface area contributed by atoms with Crippen LogP contribution in [-0.4, -0.2) is 23.9 Å². The Labute approximate surface area is 192 Å². The summed E-state index contributed by atoms with van der Waals surface area (Å²) in [6.07, 6.45) is -3.73. The Bertz CT molecular complexity index is 1120. The molecule has 33 heavy (non-hydrogen) atoms. The van der Waals surface area contributed by atoms with Crippen LogP contribution in [0.3, 0.4) is 0 Å². The van der Waals surface area contributed by atoms with E-state index in [9.17, 15) is 18.0 Å². The van der Waals surface area contributed by atoms with Crippen LogP contribution in [0.4, 0.5) is 13.2 Å². The van der Waals surface area contributed by atoms with E-state index in [2.05, 4.69) is 36.2 Å². The van der Waals surface area contributed by atoms with Crippen molar-refractivity contribution in [2.45, 2.75) is 32.6 Å². The zero-order chi connectivity index (χ0) is 23.6. The Balaban J connectivity index is 1.65. The monoisotopic (exact) mass is 452 g/mol. The number of alkyl halides is 3. The van der Waals surface area contributed by atoms with Crippen molar-refractivity contribution in [3.63, 3.8) is 0 Å². The normalized spacial score (nSPS) is 16.5. The molecule has 3 nitrogen and oxygen atoms in total. The van der Waals surface area contributed by atoms with Gasteiger partial charge in [-0.1, -0.05) is 68.4 Å². The van der Waals surface area contributed by atoms with Crippen molar-refractivity contribution in [2.75, 3.05) is 13.1 Å². The number of halogens is 3. The van der Waals surface area contributed by atoms with E-state index in [-0.39, 0.29) is 12.1 Å². The van der Waals surface area contributed by atoms with Gasteiger partial charge in [0.1, 0.15) is 6.17 Å². The van der Waals surface area contributed by atoms with Crippen molar-refractivity contribution >= 4 is 5.91 Å². The molecule has 6 heteroatoms. The molecule has 0 bridgehead atoms. The Hall–Kier alpha value is -3.12. The highest BCUT2D eigenvalue weighted by molar-refractivity contribution is 6.01. The van der Waals surface area contributed by atoms with Gasteiger partial charge in [0.05, 0.1) is 5.56 Å². The molecule has 0 aliphatic carbocycles. The summed E-state index contributed by atoms with van der Waals surface area (Å²) in [4.78, 5) is 15.7. The maximum atomic E-state index is 13.5. The fraction of sp³-hybridized carbons (Fsp3) is 0.296. The van der Waals surface area contributed by atoms with Crippen molar-refractivity contribution in [1.29, 1.82) is 0 Å². The standard InChI is InChI=1S/C27H27F3N2O/c1-18(2)17-32-16-15-19-7-3-4-9-23(19)25(32)31-26(33)24-10-6-5-8-22(24)20-11-13-21(14-12-20)27(28,29)30/h3-14,18,25H,15-17H2,1-2H3,(H,31,33). The van der Waals surface area contributed by atoms with Gasteiger partial charge in [-0.05, 0) is 52.8 Å². The van der Waals surface area contributed by atoms with Gasteiger partial charge in [-0.3, -0.25) is 9.69 Å². The first-order chi connectivity index (χ1) is 15.7. The molecule has 1 aliphatic heterocycles. The molecular weight excluding hydrogens is 425 g/mol. The second kappa shape index (κ2) is 9.40. The van der Waals surface area contributed by atoms with Crippen LogP contribution >= 0.6 is 0 Å². The second-order valence-corrected chi connectivity index (χ2v) is 8.83. The van der Waals surface area contributed by atoms with Gasteiger partial charge in [-0.25, -0.2) is 0 Å². The predicted molar refractivity (Wildman–Crippen MR) is 124 cm³/mol. The van der Waals surface area contributed by atoms with Gasteiger partial charge in [-0.2, -0.15) is 13.2 Å². The van der Waals surface area contributed by atoms with Gasteiger partial charge in [0.25, 0.3) is 5.91 Å². The van der Waals surface area contributed by atoms with Gasteiger partial charge >= 0.3 is 6.18 Å². The quantitative estimate of drug-likeness (QED) is 0.492. The van der Waals surface area contributed by atoms with Crippen LogP contribution in [-0.2, 0) is 12.6 Å². The van der Waals surface area contributed by atoms with E-state index < -0.39 is 11.7 Å². The van der Waals surface area contributed by atoms with E-state index in [4.69, 9.17) is 0 Å². The molecule has 1 heterocycles. The SMILES string of the molecule is CC(C)CN1CCc2ccccc2C1NC(=O)c1ccccc1-c1ccc(C(F)(F)F)cc1. The molecule has 0 radical (unpaired) electrons. The molecule has 3 aromatic rings. The molecule has 3 aromatic carbocycles. The number of amides is 1. The number of nitrogens with one attached hydrogen (secondary N) is 1. The molecule has 172 valence electrons. The smallest absolute Gasteiger partial charge is 0.332 e. The fourth-order valence-electron chi connectivity index (χ4n) is 4.43. The van der Waals surface area contributed by atoms with Crippen LogP contribution < -0.4 is 5.32 Å². The van der Waals surface area contributed by atoms with E-state index in [0.29, 0.717) is 22.6 Å². The van der Waals surface area contributed by atoms with E-state index in [0.717, 1.165) is 37.2 Å². The predicted octanol–water partition coefficient (Wildman–Crippen LogP) is 6.32. The molecular formula is C27H27F3N2O. The third-order valence-corrected chi connectivity index (χ3v) is 5.95.